The number of alkyl halides is 3. The second-order valence-electron chi connectivity index (χ2n) is 9.21. The summed E-state index contributed by atoms with van der Waals surface area (Å²) in [6.07, 6.45) is -4.28. The van der Waals surface area contributed by atoms with Gasteiger partial charge in [0.1, 0.15) is 12.6 Å². The van der Waals surface area contributed by atoms with E-state index in [4.69, 9.17) is 34.8 Å². The maximum atomic E-state index is 13.9. The summed E-state index contributed by atoms with van der Waals surface area (Å²) in [4.78, 5) is 27.6. The first kappa shape index (κ1) is 33.5. The van der Waals surface area contributed by atoms with Crippen molar-refractivity contribution in [3.63, 3.8) is 0 Å². The van der Waals surface area contributed by atoms with Crippen LogP contribution < -0.4 is 9.62 Å². The molecule has 0 fully saturated rings. The van der Waals surface area contributed by atoms with Crippen molar-refractivity contribution >= 4 is 62.3 Å². The zero-order valence-corrected chi connectivity index (χ0v) is 25.5. The second kappa shape index (κ2) is 14.0. The van der Waals surface area contributed by atoms with Crippen LogP contribution in [0, 0.1) is 0 Å². The Balaban J connectivity index is 2.12. The predicted octanol–water partition coefficient (Wildman–Crippen LogP) is 6.80. The zero-order chi connectivity index (χ0) is 31.2. The standard InChI is InChI=1S/C28H27Cl3F3N3O4S/c1-3-13-35-27(39)18(2)36(16-19-9-10-20(29)14-25(19)31)26(38)17-37(42(40,41)22-7-5-4-6-8-22)21-11-12-24(30)23(15-21)28(32,33)34/h4-12,14-15,18H,3,13,16-17H2,1-2H3,(H,35,39). The van der Waals surface area contributed by atoms with Gasteiger partial charge in [0, 0.05) is 23.1 Å². The van der Waals surface area contributed by atoms with Crippen LogP contribution >= 0.6 is 34.8 Å². The minimum Gasteiger partial charge on any atom is -0.354 e. The number of anilines is 1. The fraction of sp³-hybridized carbons (Fsp3) is 0.286. The number of carbonyl (C=O) groups excluding carboxylic acids is 2. The van der Waals surface area contributed by atoms with Gasteiger partial charge in [-0.15, -0.1) is 0 Å². The number of benzene rings is 3. The Kier molecular flexibility index (Phi) is 11.2. The third kappa shape index (κ3) is 8.09. The number of nitrogens with one attached hydrogen (secondary N) is 1. The molecule has 226 valence electrons. The highest BCUT2D eigenvalue weighted by Crippen LogP contribution is 2.38. The average molecular weight is 665 g/mol. The van der Waals surface area contributed by atoms with Crippen molar-refractivity contribution in [1.82, 2.24) is 10.2 Å². The number of hydrogen-bond donors (Lipinski definition) is 1. The van der Waals surface area contributed by atoms with E-state index in [9.17, 15) is 31.2 Å². The molecule has 0 aliphatic rings. The maximum absolute atomic E-state index is 13.9. The highest BCUT2D eigenvalue weighted by Gasteiger charge is 2.37. The fourth-order valence-corrected chi connectivity index (χ4v) is 6.07. The lowest BCUT2D eigenvalue weighted by Gasteiger charge is -2.32. The first-order chi connectivity index (χ1) is 19.7. The van der Waals surface area contributed by atoms with Gasteiger partial charge in [0.25, 0.3) is 10.0 Å². The summed E-state index contributed by atoms with van der Waals surface area (Å²) in [6, 6.07) is 12.9. The number of sulfonamides is 1. The summed E-state index contributed by atoms with van der Waals surface area (Å²) < 4.78 is 69.2. The van der Waals surface area contributed by atoms with Gasteiger partial charge in [-0.05, 0) is 61.4 Å². The molecule has 3 rings (SSSR count). The van der Waals surface area contributed by atoms with E-state index in [-0.39, 0.29) is 16.5 Å². The summed E-state index contributed by atoms with van der Waals surface area (Å²) in [6.45, 7) is 2.46. The fourth-order valence-electron chi connectivity index (χ4n) is 3.95. The molecule has 0 radical (unpaired) electrons. The van der Waals surface area contributed by atoms with Crippen LogP contribution in [0.4, 0.5) is 18.9 Å². The van der Waals surface area contributed by atoms with Crippen molar-refractivity contribution in [2.45, 2.75) is 43.9 Å². The van der Waals surface area contributed by atoms with E-state index >= 15 is 0 Å². The SMILES string of the molecule is CCCNC(=O)C(C)N(Cc1ccc(Cl)cc1Cl)C(=O)CN(c1ccc(Cl)c(C(F)(F)F)c1)S(=O)(=O)c1ccccc1. The Morgan fingerprint density at radius 1 is 0.952 bits per heavy atom. The second-order valence-corrected chi connectivity index (χ2v) is 12.3. The molecule has 0 spiro atoms. The third-order valence-corrected chi connectivity index (χ3v) is 8.93. The van der Waals surface area contributed by atoms with Crippen LogP contribution in [-0.4, -0.2) is 44.3 Å². The molecule has 0 aliphatic carbocycles. The van der Waals surface area contributed by atoms with Gasteiger partial charge >= 0.3 is 6.18 Å². The molecule has 3 aromatic carbocycles. The van der Waals surface area contributed by atoms with E-state index < -0.39 is 56.9 Å². The van der Waals surface area contributed by atoms with E-state index in [2.05, 4.69) is 5.32 Å². The number of nitrogens with zero attached hydrogens (tertiary/aromatic N) is 2. The minimum atomic E-state index is -4.90. The molecular formula is C28H27Cl3F3N3O4S. The van der Waals surface area contributed by atoms with Crippen LogP contribution in [0.25, 0.3) is 0 Å². The molecule has 0 bridgehead atoms. The first-order valence-corrected chi connectivity index (χ1v) is 15.2. The molecule has 2 amide bonds. The third-order valence-electron chi connectivity index (χ3n) is 6.23. The smallest absolute Gasteiger partial charge is 0.354 e. The summed E-state index contributed by atoms with van der Waals surface area (Å²) in [7, 11) is -4.57. The van der Waals surface area contributed by atoms with E-state index in [0.717, 1.165) is 17.0 Å². The van der Waals surface area contributed by atoms with Crippen molar-refractivity contribution in [1.29, 1.82) is 0 Å². The summed E-state index contributed by atoms with van der Waals surface area (Å²) >= 11 is 18.1. The molecule has 0 saturated carbocycles. The number of carbonyl (C=O) groups is 2. The van der Waals surface area contributed by atoms with Gasteiger partial charge in [0.15, 0.2) is 0 Å². The Labute approximate surface area is 257 Å². The molecule has 42 heavy (non-hydrogen) atoms. The largest absolute Gasteiger partial charge is 0.417 e. The maximum Gasteiger partial charge on any atom is 0.417 e. The van der Waals surface area contributed by atoms with Crippen molar-refractivity contribution in [3.8, 4) is 0 Å². The van der Waals surface area contributed by atoms with Crippen molar-refractivity contribution in [2.24, 2.45) is 0 Å². The monoisotopic (exact) mass is 663 g/mol. The van der Waals surface area contributed by atoms with Crippen molar-refractivity contribution in [2.75, 3.05) is 17.4 Å². The highest BCUT2D eigenvalue weighted by atomic mass is 35.5. The summed E-state index contributed by atoms with van der Waals surface area (Å²) in [5, 5.41) is 2.58. The summed E-state index contributed by atoms with van der Waals surface area (Å²) in [5.74, 6) is -1.39. The quantitative estimate of drug-likeness (QED) is 0.244. The van der Waals surface area contributed by atoms with Gasteiger partial charge in [-0.1, -0.05) is 66.0 Å². The van der Waals surface area contributed by atoms with Gasteiger partial charge in [-0.3, -0.25) is 13.9 Å². The summed E-state index contributed by atoms with van der Waals surface area (Å²) in [5.41, 5.74) is -1.32. The Morgan fingerprint density at radius 2 is 1.62 bits per heavy atom. The number of hydrogen-bond acceptors (Lipinski definition) is 4. The Bertz CT molecular complexity index is 1540. The number of halogens is 6. The molecule has 7 nitrogen and oxygen atoms in total. The van der Waals surface area contributed by atoms with Gasteiger partial charge in [0.05, 0.1) is 21.2 Å². The van der Waals surface area contributed by atoms with Crippen molar-refractivity contribution in [3.05, 3.63) is 92.9 Å². The van der Waals surface area contributed by atoms with Gasteiger partial charge in [0.2, 0.25) is 11.8 Å². The van der Waals surface area contributed by atoms with Crippen molar-refractivity contribution < 1.29 is 31.2 Å². The van der Waals surface area contributed by atoms with E-state index in [0.29, 0.717) is 33.9 Å². The van der Waals surface area contributed by atoms with Crippen LogP contribution in [0.5, 0.6) is 0 Å². The van der Waals surface area contributed by atoms with Crippen LogP contribution in [0.3, 0.4) is 0 Å². The van der Waals surface area contributed by atoms with Gasteiger partial charge in [-0.2, -0.15) is 13.2 Å². The Morgan fingerprint density at radius 3 is 2.21 bits per heavy atom. The van der Waals surface area contributed by atoms with Crippen LogP contribution in [0.1, 0.15) is 31.4 Å². The molecule has 3 aromatic rings. The lowest BCUT2D eigenvalue weighted by Crippen LogP contribution is -2.51. The Hall–Kier alpha value is -2.99. The molecule has 0 aliphatic heterocycles. The molecule has 0 aromatic heterocycles. The lowest BCUT2D eigenvalue weighted by atomic mass is 10.1. The van der Waals surface area contributed by atoms with Gasteiger partial charge < -0.3 is 10.2 Å². The van der Waals surface area contributed by atoms with E-state index in [1.165, 1.54) is 43.3 Å². The molecule has 1 unspecified atom stereocenters. The highest BCUT2D eigenvalue weighted by molar-refractivity contribution is 7.92. The minimum absolute atomic E-state index is 0.197. The molecule has 1 atom stereocenters. The van der Waals surface area contributed by atoms with Gasteiger partial charge in [-0.25, -0.2) is 8.42 Å². The first-order valence-electron chi connectivity index (χ1n) is 12.6. The molecule has 1 N–H and O–H groups in total. The lowest BCUT2D eigenvalue weighted by molar-refractivity contribution is -0.139. The molecule has 14 heteroatoms. The molecular weight excluding hydrogens is 638 g/mol. The average Bonchev–Trinajstić information content (AvgIpc) is 2.94. The van der Waals surface area contributed by atoms with Crippen LogP contribution in [0.2, 0.25) is 15.1 Å². The topological polar surface area (TPSA) is 86.8 Å². The van der Waals surface area contributed by atoms with E-state index in [1.54, 1.807) is 12.1 Å². The predicted molar refractivity (Wildman–Crippen MR) is 157 cm³/mol. The number of rotatable bonds is 11. The molecule has 0 heterocycles. The molecule has 0 saturated heterocycles. The van der Waals surface area contributed by atoms with Crippen LogP contribution in [0.15, 0.2) is 71.6 Å². The van der Waals surface area contributed by atoms with Crippen LogP contribution in [-0.2, 0) is 32.3 Å². The number of amides is 2. The normalized spacial score (nSPS) is 12.5. The van der Waals surface area contributed by atoms with E-state index in [1.807, 2.05) is 6.92 Å². The zero-order valence-electron chi connectivity index (χ0n) is 22.5.